The highest BCUT2D eigenvalue weighted by molar-refractivity contribution is 4.67. The minimum atomic E-state index is 0.636. The number of nitrogens with one attached hydrogen (secondary N) is 1. The Balaban J connectivity index is 3.68. The largest absolute Gasteiger partial charge is 0.315 e. The van der Waals surface area contributed by atoms with Gasteiger partial charge in [0.15, 0.2) is 0 Å². The average molecular weight is 227 g/mol. The first-order valence-electron chi connectivity index (χ1n) is 7.35. The van der Waals surface area contributed by atoms with Gasteiger partial charge in [-0.2, -0.15) is 0 Å². The van der Waals surface area contributed by atoms with Gasteiger partial charge in [-0.3, -0.25) is 0 Å². The molecule has 0 radical (unpaired) electrons. The normalized spacial score (nSPS) is 13.7. The second-order valence-corrected chi connectivity index (χ2v) is 5.57. The average Bonchev–Trinajstić information content (AvgIpc) is 2.23. The molecule has 1 nitrogen and oxygen atoms in total. The van der Waals surface area contributed by atoms with Gasteiger partial charge in [-0.15, -0.1) is 0 Å². The van der Waals surface area contributed by atoms with Crippen LogP contribution in [-0.4, -0.2) is 12.6 Å². The molecular weight excluding hydrogens is 194 g/mol. The summed E-state index contributed by atoms with van der Waals surface area (Å²) in [5.41, 5.74) is 0. The van der Waals surface area contributed by atoms with Crippen LogP contribution in [0.15, 0.2) is 0 Å². The Labute approximate surface area is 103 Å². The summed E-state index contributed by atoms with van der Waals surface area (Å²) in [6.07, 6.45) is 8.27. The minimum absolute atomic E-state index is 0.636. The van der Waals surface area contributed by atoms with Crippen LogP contribution in [-0.2, 0) is 0 Å². The van der Waals surface area contributed by atoms with Crippen LogP contribution < -0.4 is 5.32 Å². The van der Waals surface area contributed by atoms with Crippen LogP contribution in [0.2, 0.25) is 0 Å². The molecule has 16 heavy (non-hydrogen) atoms. The number of hydrogen-bond acceptors (Lipinski definition) is 1. The van der Waals surface area contributed by atoms with Gasteiger partial charge >= 0.3 is 0 Å². The Morgan fingerprint density at radius 2 is 1.44 bits per heavy atom. The summed E-state index contributed by atoms with van der Waals surface area (Å²) >= 11 is 0. The van der Waals surface area contributed by atoms with Crippen molar-refractivity contribution in [3.8, 4) is 0 Å². The molecule has 1 N–H and O–H groups in total. The van der Waals surface area contributed by atoms with Crippen LogP contribution in [0, 0.1) is 11.8 Å². The lowest BCUT2D eigenvalue weighted by molar-refractivity contribution is 0.287. The van der Waals surface area contributed by atoms with E-state index in [4.69, 9.17) is 0 Å². The maximum Gasteiger partial charge on any atom is 0.00103 e. The Hall–Kier alpha value is -0.0400. The highest BCUT2D eigenvalue weighted by Crippen LogP contribution is 2.26. The SMILES string of the molecule is CCCC(CCC)C(C)CCCNC(C)C. The lowest BCUT2D eigenvalue weighted by atomic mass is 9.83. The molecule has 1 atom stereocenters. The lowest BCUT2D eigenvalue weighted by Gasteiger charge is -2.23. The standard InChI is InChI=1S/C15H33N/c1-6-9-15(10-7-2)14(5)11-8-12-16-13(3)4/h13-16H,6-12H2,1-5H3. The molecule has 0 aromatic heterocycles. The Bertz CT molecular complexity index is 136. The van der Waals surface area contributed by atoms with Crippen molar-refractivity contribution in [3.63, 3.8) is 0 Å². The van der Waals surface area contributed by atoms with E-state index >= 15 is 0 Å². The van der Waals surface area contributed by atoms with Gasteiger partial charge in [0.1, 0.15) is 0 Å². The Morgan fingerprint density at radius 3 is 1.88 bits per heavy atom. The molecule has 0 aromatic carbocycles. The van der Waals surface area contributed by atoms with E-state index in [2.05, 4.69) is 39.9 Å². The third-order valence-corrected chi connectivity index (χ3v) is 3.51. The summed E-state index contributed by atoms with van der Waals surface area (Å²) in [5, 5.41) is 3.50. The first-order chi connectivity index (χ1) is 7.61. The molecule has 0 spiro atoms. The molecule has 98 valence electrons. The van der Waals surface area contributed by atoms with Gasteiger partial charge in [-0.25, -0.2) is 0 Å². The molecule has 0 saturated heterocycles. The van der Waals surface area contributed by atoms with Crippen molar-refractivity contribution in [3.05, 3.63) is 0 Å². The number of rotatable bonds is 10. The predicted octanol–water partition coefficient (Wildman–Crippen LogP) is 4.62. The summed E-state index contributed by atoms with van der Waals surface area (Å²) in [6.45, 7) is 12.7. The van der Waals surface area contributed by atoms with Crippen molar-refractivity contribution in [2.24, 2.45) is 11.8 Å². The van der Waals surface area contributed by atoms with Crippen molar-refractivity contribution >= 4 is 0 Å². The van der Waals surface area contributed by atoms with Gasteiger partial charge in [0, 0.05) is 6.04 Å². The predicted molar refractivity (Wildman–Crippen MR) is 74.8 cm³/mol. The van der Waals surface area contributed by atoms with Crippen molar-refractivity contribution in [2.75, 3.05) is 6.54 Å². The maximum atomic E-state index is 3.50. The zero-order chi connectivity index (χ0) is 12.4. The van der Waals surface area contributed by atoms with Gasteiger partial charge in [0.05, 0.1) is 0 Å². The van der Waals surface area contributed by atoms with E-state index < -0.39 is 0 Å². The molecule has 0 heterocycles. The molecule has 0 aromatic rings. The van der Waals surface area contributed by atoms with Gasteiger partial charge in [-0.05, 0) is 31.2 Å². The third-order valence-electron chi connectivity index (χ3n) is 3.51. The van der Waals surface area contributed by atoms with Crippen LogP contribution in [0.5, 0.6) is 0 Å². The molecule has 0 amide bonds. The monoisotopic (exact) mass is 227 g/mol. The topological polar surface area (TPSA) is 12.0 Å². The molecule has 0 fully saturated rings. The van der Waals surface area contributed by atoms with Crippen molar-refractivity contribution in [1.29, 1.82) is 0 Å². The molecule has 0 rings (SSSR count). The van der Waals surface area contributed by atoms with Crippen molar-refractivity contribution in [2.45, 2.75) is 79.2 Å². The molecule has 0 aliphatic heterocycles. The molecule has 0 aliphatic carbocycles. The molecule has 0 bridgehead atoms. The minimum Gasteiger partial charge on any atom is -0.315 e. The van der Waals surface area contributed by atoms with Crippen LogP contribution in [0.25, 0.3) is 0 Å². The molecule has 0 saturated carbocycles. The molecule has 0 aliphatic rings. The third kappa shape index (κ3) is 8.15. The Kier molecular flexibility index (Phi) is 10.1. The van der Waals surface area contributed by atoms with Crippen LogP contribution in [0.3, 0.4) is 0 Å². The van der Waals surface area contributed by atoms with Crippen molar-refractivity contribution in [1.82, 2.24) is 5.32 Å². The highest BCUT2D eigenvalue weighted by atomic mass is 14.9. The van der Waals surface area contributed by atoms with Gasteiger partial charge in [-0.1, -0.05) is 60.3 Å². The van der Waals surface area contributed by atoms with E-state index in [-0.39, 0.29) is 0 Å². The summed E-state index contributed by atoms with van der Waals surface area (Å²) in [5.74, 6) is 1.88. The molecule has 1 heteroatoms. The van der Waals surface area contributed by atoms with Crippen LogP contribution >= 0.6 is 0 Å². The fourth-order valence-corrected chi connectivity index (χ4v) is 2.51. The molecule has 1 unspecified atom stereocenters. The second kappa shape index (κ2) is 10.1. The van der Waals surface area contributed by atoms with Gasteiger partial charge < -0.3 is 5.32 Å². The van der Waals surface area contributed by atoms with E-state index in [0.29, 0.717) is 6.04 Å². The second-order valence-electron chi connectivity index (χ2n) is 5.57. The fraction of sp³-hybridized carbons (Fsp3) is 1.00. The fourth-order valence-electron chi connectivity index (χ4n) is 2.51. The van der Waals surface area contributed by atoms with Crippen molar-refractivity contribution < 1.29 is 0 Å². The first-order valence-corrected chi connectivity index (χ1v) is 7.35. The lowest BCUT2D eigenvalue weighted by Crippen LogP contribution is -2.24. The summed E-state index contributed by atoms with van der Waals surface area (Å²) in [4.78, 5) is 0. The zero-order valence-corrected chi connectivity index (χ0v) is 12.2. The zero-order valence-electron chi connectivity index (χ0n) is 12.2. The molecular formula is C15H33N. The summed E-state index contributed by atoms with van der Waals surface area (Å²) < 4.78 is 0. The maximum absolute atomic E-state index is 3.50. The van der Waals surface area contributed by atoms with E-state index in [1.807, 2.05) is 0 Å². The Morgan fingerprint density at radius 1 is 0.875 bits per heavy atom. The number of hydrogen-bond donors (Lipinski definition) is 1. The smallest absolute Gasteiger partial charge is 0.00103 e. The van der Waals surface area contributed by atoms with Gasteiger partial charge in [0.25, 0.3) is 0 Å². The van der Waals surface area contributed by atoms with E-state index in [9.17, 15) is 0 Å². The van der Waals surface area contributed by atoms with E-state index in [0.717, 1.165) is 11.8 Å². The summed E-state index contributed by atoms with van der Waals surface area (Å²) in [6, 6.07) is 0.636. The quantitative estimate of drug-likeness (QED) is 0.537. The van der Waals surface area contributed by atoms with Crippen LogP contribution in [0.4, 0.5) is 0 Å². The van der Waals surface area contributed by atoms with Gasteiger partial charge in [0.2, 0.25) is 0 Å². The summed E-state index contributed by atoms with van der Waals surface area (Å²) in [7, 11) is 0. The van der Waals surface area contributed by atoms with Crippen LogP contribution in [0.1, 0.15) is 73.1 Å². The highest BCUT2D eigenvalue weighted by Gasteiger charge is 2.14. The van der Waals surface area contributed by atoms with E-state index in [1.54, 1.807) is 0 Å². The first kappa shape index (κ1) is 16.0. The van der Waals surface area contributed by atoms with E-state index in [1.165, 1.54) is 45.1 Å².